The molecule has 3 N–H and O–H groups in total. The highest BCUT2D eigenvalue weighted by Gasteiger charge is 2.47. The van der Waals surface area contributed by atoms with Crippen LogP contribution in [0.3, 0.4) is 0 Å². The third kappa shape index (κ3) is 3.56. The molecule has 17 heavy (non-hydrogen) atoms. The lowest BCUT2D eigenvalue weighted by Gasteiger charge is -2.34. The predicted octanol–water partition coefficient (Wildman–Crippen LogP) is 1.11. The summed E-state index contributed by atoms with van der Waals surface area (Å²) in [5.41, 5.74) is 5.18. The molecule has 6 heteroatoms. The number of hydrogen-bond donors (Lipinski definition) is 2. The normalized spacial score (nSPS) is 25.1. The van der Waals surface area contributed by atoms with E-state index in [9.17, 15) is 18.3 Å². The standard InChI is InChI=1S/C11H19F3N2O/c12-11(13,14)6-16(9-3-4-9)5-10(15,7-17)8-1-2-8/h8-9,17H,1-7,15H2. The maximum atomic E-state index is 12.4. The maximum absolute atomic E-state index is 12.4. The molecule has 0 radical (unpaired) electrons. The van der Waals surface area contributed by atoms with Crippen LogP contribution in [0.2, 0.25) is 0 Å². The summed E-state index contributed by atoms with van der Waals surface area (Å²) in [7, 11) is 0. The van der Waals surface area contributed by atoms with Gasteiger partial charge in [-0.25, -0.2) is 0 Å². The van der Waals surface area contributed by atoms with Crippen molar-refractivity contribution in [2.75, 3.05) is 19.7 Å². The first-order chi connectivity index (χ1) is 7.84. The lowest BCUT2D eigenvalue weighted by Crippen LogP contribution is -2.56. The highest BCUT2D eigenvalue weighted by Crippen LogP contribution is 2.40. The molecule has 0 bridgehead atoms. The SMILES string of the molecule is NC(CO)(CN(CC(F)(F)F)C1CC1)C1CC1. The van der Waals surface area contributed by atoms with Crippen molar-refractivity contribution in [2.45, 2.75) is 43.4 Å². The second-order valence-electron chi connectivity index (χ2n) is 5.42. The number of aliphatic hydroxyl groups excluding tert-OH is 1. The van der Waals surface area contributed by atoms with E-state index in [1.807, 2.05) is 0 Å². The fraction of sp³-hybridized carbons (Fsp3) is 1.00. The van der Waals surface area contributed by atoms with Gasteiger partial charge in [0.15, 0.2) is 0 Å². The summed E-state index contributed by atoms with van der Waals surface area (Å²) in [6, 6.07) is 0.00449. The molecule has 2 aliphatic rings. The van der Waals surface area contributed by atoms with Gasteiger partial charge in [0.2, 0.25) is 0 Å². The average molecular weight is 252 g/mol. The number of rotatable bonds is 6. The Morgan fingerprint density at radius 2 is 1.71 bits per heavy atom. The Hall–Kier alpha value is -0.330. The van der Waals surface area contributed by atoms with Gasteiger partial charge in [0.05, 0.1) is 18.7 Å². The molecule has 0 heterocycles. The zero-order chi connectivity index (χ0) is 12.7. The van der Waals surface area contributed by atoms with E-state index in [0.717, 1.165) is 25.7 Å². The molecule has 2 fully saturated rings. The summed E-state index contributed by atoms with van der Waals surface area (Å²) in [4.78, 5) is 1.40. The number of nitrogens with two attached hydrogens (primary N) is 1. The van der Waals surface area contributed by atoms with Crippen LogP contribution in [0.5, 0.6) is 0 Å². The van der Waals surface area contributed by atoms with Crippen LogP contribution < -0.4 is 5.73 Å². The molecule has 1 unspecified atom stereocenters. The van der Waals surface area contributed by atoms with Gasteiger partial charge in [-0.1, -0.05) is 0 Å². The summed E-state index contributed by atoms with van der Waals surface area (Å²) in [5.74, 6) is 0.182. The molecule has 100 valence electrons. The van der Waals surface area contributed by atoms with E-state index in [1.165, 1.54) is 4.90 Å². The fourth-order valence-electron chi connectivity index (χ4n) is 2.33. The highest BCUT2D eigenvalue weighted by atomic mass is 19.4. The van der Waals surface area contributed by atoms with E-state index < -0.39 is 18.3 Å². The average Bonchev–Trinajstić information content (AvgIpc) is 3.00. The quantitative estimate of drug-likeness (QED) is 0.744. The summed E-state index contributed by atoms with van der Waals surface area (Å²) in [6.07, 6.45) is -0.740. The molecular formula is C11H19F3N2O. The van der Waals surface area contributed by atoms with Crippen LogP contribution in [0.15, 0.2) is 0 Å². The molecule has 0 spiro atoms. The van der Waals surface area contributed by atoms with Crippen molar-refractivity contribution in [2.24, 2.45) is 11.7 Å². The van der Waals surface area contributed by atoms with Crippen molar-refractivity contribution in [3.8, 4) is 0 Å². The molecule has 1 atom stereocenters. The summed E-state index contributed by atoms with van der Waals surface area (Å²) < 4.78 is 37.3. The Morgan fingerprint density at radius 1 is 1.12 bits per heavy atom. The van der Waals surface area contributed by atoms with Gasteiger partial charge in [-0.05, 0) is 31.6 Å². The lowest BCUT2D eigenvalue weighted by atomic mass is 9.94. The van der Waals surface area contributed by atoms with Crippen molar-refractivity contribution in [3.63, 3.8) is 0 Å². The smallest absolute Gasteiger partial charge is 0.394 e. The molecule has 0 saturated heterocycles. The van der Waals surface area contributed by atoms with Gasteiger partial charge < -0.3 is 10.8 Å². The zero-order valence-corrected chi connectivity index (χ0v) is 9.71. The molecule has 0 aromatic carbocycles. The second kappa shape index (κ2) is 4.40. The van der Waals surface area contributed by atoms with Crippen molar-refractivity contribution >= 4 is 0 Å². The van der Waals surface area contributed by atoms with Crippen LogP contribution in [0, 0.1) is 5.92 Å². The van der Waals surface area contributed by atoms with Crippen molar-refractivity contribution in [3.05, 3.63) is 0 Å². The lowest BCUT2D eigenvalue weighted by molar-refractivity contribution is -0.149. The van der Waals surface area contributed by atoms with Crippen LogP contribution in [0.25, 0.3) is 0 Å². The molecule has 0 aliphatic heterocycles. The third-order valence-corrected chi connectivity index (χ3v) is 3.63. The van der Waals surface area contributed by atoms with E-state index in [-0.39, 0.29) is 25.1 Å². The van der Waals surface area contributed by atoms with Crippen molar-refractivity contribution in [1.29, 1.82) is 0 Å². The van der Waals surface area contributed by atoms with E-state index >= 15 is 0 Å². The van der Waals surface area contributed by atoms with Crippen LogP contribution >= 0.6 is 0 Å². The minimum absolute atomic E-state index is 0.00449. The molecule has 2 rings (SSSR count). The van der Waals surface area contributed by atoms with Gasteiger partial charge >= 0.3 is 6.18 Å². The molecule has 0 aromatic heterocycles. The zero-order valence-electron chi connectivity index (χ0n) is 9.71. The highest BCUT2D eigenvalue weighted by molar-refractivity contribution is 5.02. The molecule has 0 amide bonds. The van der Waals surface area contributed by atoms with Crippen molar-refractivity contribution in [1.82, 2.24) is 4.90 Å². The first kappa shape index (κ1) is 13.1. The Bertz CT molecular complexity index is 276. The monoisotopic (exact) mass is 252 g/mol. The van der Waals surface area contributed by atoms with E-state index in [1.54, 1.807) is 0 Å². The predicted molar refractivity (Wildman–Crippen MR) is 57.4 cm³/mol. The van der Waals surface area contributed by atoms with Gasteiger partial charge in [-0.3, -0.25) is 4.90 Å². The Labute approximate surface area is 98.8 Å². The van der Waals surface area contributed by atoms with Gasteiger partial charge in [0.1, 0.15) is 0 Å². The van der Waals surface area contributed by atoms with E-state index in [0.29, 0.717) is 0 Å². The van der Waals surface area contributed by atoms with Gasteiger partial charge in [-0.2, -0.15) is 13.2 Å². The van der Waals surface area contributed by atoms with Crippen molar-refractivity contribution < 1.29 is 18.3 Å². The second-order valence-corrected chi connectivity index (χ2v) is 5.42. The number of nitrogens with zero attached hydrogens (tertiary/aromatic N) is 1. The summed E-state index contributed by atoms with van der Waals surface area (Å²) >= 11 is 0. The minimum atomic E-state index is -4.19. The van der Waals surface area contributed by atoms with E-state index in [4.69, 9.17) is 5.73 Å². The number of hydrogen-bond acceptors (Lipinski definition) is 3. The summed E-state index contributed by atoms with van der Waals surface area (Å²) in [6.45, 7) is -1.000. The van der Waals surface area contributed by atoms with Gasteiger partial charge in [-0.15, -0.1) is 0 Å². The number of aliphatic hydroxyl groups is 1. The molecular weight excluding hydrogens is 233 g/mol. The van der Waals surface area contributed by atoms with Crippen LogP contribution in [0.1, 0.15) is 25.7 Å². The fourth-order valence-corrected chi connectivity index (χ4v) is 2.33. The Balaban J connectivity index is 1.96. The largest absolute Gasteiger partial charge is 0.401 e. The molecule has 3 nitrogen and oxygen atoms in total. The third-order valence-electron chi connectivity index (χ3n) is 3.63. The first-order valence-corrected chi connectivity index (χ1v) is 6.04. The molecule has 2 aliphatic carbocycles. The first-order valence-electron chi connectivity index (χ1n) is 6.04. The Kier molecular flexibility index (Phi) is 3.40. The number of alkyl halides is 3. The molecule has 0 aromatic rings. The van der Waals surface area contributed by atoms with Crippen LogP contribution in [0.4, 0.5) is 13.2 Å². The Morgan fingerprint density at radius 3 is 2.06 bits per heavy atom. The van der Waals surface area contributed by atoms with Gasteiger partial charge in [0.25, 0.3) is 0 Å². The number of halogens is 3. The van der Waals surface area contributed by atoms with Crippen LogP contribution in [-0.2, 0) is 0 Å². The maximum Gasteiger partial charge on any atom is 0.401 e. The van der Waals surface area contributed by atoms with E-state index in [2.05, 4.69) is 0 Å². The van der Waals surface area contributed by atoms with Crippen LogP contribution in [-0.4, -0.2) is 47.5 Å². The van der Waals surface area contributed by atoms with Gasteiger partial charge in [0, 0.05) is 12.6 Å². The molecule has 2 saturated carbocycles. The minimum Gasteiger partial charge on any atom is -0.394 e. The topological polar surface area (TPSA) is 49.5 Å². The summed E-state index contributed by atoms with van der Waals surface area (Å²) in [5, 5.41) is 9.31.